The first kappa shape index (κ1) is 25.8. The van der Waals surface area contributed by atoms with E-state index in [1.54, 1.807) is 33.8 Å². The number of rotatable bonds is 7. The molecule has 11 nitrogen and oxygen atoms in total. The van der Waals surface area contributed by atoms with Crippen LogP contribution in [0.4, 0.5) is 10.6 Å². The first-order valence-electron chi connectivity index (χ1n) is 12.6. The summed E-state index contributed by atoms with van der Waals surface area (Å²) in [7, 11) is 1.53. The minimum absolute atomic E-state index is 0.0463. The van der Waals surface area contributed by atoms with E-state index in [2.05, 4.69) is 25.8 Å². The fourth-order valence-electron chi connectivity index (χ4n) is 4.42. The van der Waals surface area contributed by atoms with Crippen LogP contribution in [0.2, 0.25) is 0 Å². The normalized spacial score (nSPS) is 12.7. The van der Waals surface area contributed by atoms with Gasteiger partial charge in [-0.05, 0) is 71.7 Å². The summed E-state index contributed by atoms with van der Waals surface area (Å²) in [5, 5.41) is 14.7. The second kappa shape index (κ2) is 11.3. The van der Waals surface area contributed by atoms with Crippen molar-refractivity contribution in [1.29, 1.82) is 0 Å². The molecule has 200 valence electrons. The molecule has 39 heavy (non-hydrogen) atoms. The first-order valence-corrected chi connectivity index (χ1v) is 12.6. The number of hydrogen-bond acceptors (Lipinski definition) is 8. The van der Waals surface area contributed by atoms with Gasteiger partial charge in [0.05, 0.1) is 18.7 Å². The molecule has 5 rings (SSSR count). The van der Waals surface area contributed by atoms with E-state index in [4.69, 9.17) is 9.47 Å². The Morgan fingerprint density at radius 2 is 1.87 bits per heavy atom. The zero-order valence-corrected chi connectivity index (χ0v) is 22.0. The number of benzene rings is 2. The van der Waals surface area contributed by atoms with Crippen molar-refractivity contribution >= 4 is 17.8 Å². The molecule has 2 aromatic carbocycles. The molecule has 2 aromatic heterocycles. The number of amides is 2. The van der Waals surface area contributed by atoms with Crippen LogP contribution in [-0.4, -0.2) is 55.7 Å². The second-order valence-electron chi connectivity index (χ2n) is 9.44. The lowest BCUT2D eigenvalue weighted by atomic mass is 9.96. The van der Waals surface area contributed by atoms with Crippen LogP contribution in [0.3, 0.4) is 0 Å². The molecule has 0 atom stereocenters. The number of ether oxygens (including phenoxy) is 2. The Kier molecular flexibility index (Phi) is 7.48. The van der Waals surface area contributed by atoms with E-state index in [1.807, 2.05) is 50.2 Å². The topological polar surface area (TPSA) is 124 Å². The van der Waals surface area contributed by atoms with Gasteiger partial charge in [-0.15, -0.1) is 5.10 Å². The average molecular weight is 528 g/mol. The summed E-state index contributed by atoms with van der Waals surface area (Å²) in [5.41, 5.74) is 3.69. The van der Waals surface area contributed by atoms with Gasteiger partial charge in [0.15, 0.2) is 0 Å². The SMILES string of the molecule is COc1cc2c(cc1C(=O)Nc1cccc(-c3nnnn3C(C)C)n1)CN(C(=O)OCc1ccccc1)CC2. The third kappa shape index (κ3) is 5.71. The number of carbonyl (C=O) groups excluding carboxylic acids is 2. The third-order valence-corrected chi connectivity index (χ3v) is 6.44. The predicted molar refractivity (Wildman–Crippen MR) is 143 cm³/mol. The fraction of sp³-hybridized carbons (Fsp3) is 0.286. The van der Waals surface area contributed by atoms with Gasteiger partial charge in [-0.2, -0.15) is 0 Å². The zero-order chi connectivity index (χ0) is 27.4. The zero-order valence-electron chi connectivity index (χ0n) is 22.0. The van der Waals surface area contributed by atoms with Crippen LogP contribution in [0.1, 0.15) is 46.9 Å². The van der Waals surface area contributed by atoms with Crippen molar-refractivity contribution in [2.45, 2.75) is 39.5 Å². The molecule has 1 aliphatic rings. The smallest absolute Gasteiger partial charge is 0.410 e. The van der Waals surface area contributed by atoms with Crippen molar-refractivity contribution in [2.24, 2.45) is 0 Å². The largest absolute Gasteiger partial charge is 0.496 e. The van der Waals surface area contributed by atoms with Gasteiger partial charge in [-0.3, -0.25) is 4.79 Å². The molecule has 1 aliphatic heterocycles. The van der Waals surface area contributed by atoms with Gasteiger partial charge < -0.3 is 19.7 Å². The fourth-order valence-corrected chi connectivity index (χ4v) is 4.42. The predicted octanol–water partition coefficient (Wildman–Crippen LogP) is 4.27. The van der Waals surface area contributed by atoms with E-state index in [1.165, 1.54) is 7.11 Å². The quantitative estimate of drug-likeness (QED) is 0.378. The van der Waals surface area contributed by atoms with E-state index >= 15 is 0 Å². The Morgan fingerprint density at radius 3 is 2.64 bits per heavy atom. The minimum Gasteiger partial charge on any atom is -0.496 e. The first-order chi connectivity index (χ1) is 18.9. The Hall–Kier alpha value is -4.80. The molecule has 11 heteroatoms. The van der Waals surface area contributed by atoms with Gasteiger partial charge in [-0.25, -0.2) is 14.5 Å². The maximum atomic E-state index is 13.3. The molecule has 0 spiro atoms. The van der Waals surface area contributed by atoms with E-state index in [0.717, 1.165) is 16.7 Å². The Morgan fingerprint density at radius 1 is 1.05 bits per heavy atom. The molecule has 0 aliphatic carbocycles. The molecule has 0 bridgehead atoms. The Bertz CT molecular complexity index is 1490. The Labute approximate surface area is 225 Å². The molecule has 0 unspecified atom stereocenters. The van der Waals surface area contributed by atoms with Gasteiger partial charge in [0.1, 0.15) is 23.9 Å². The molecule has 0 saturated heterocycles. The van der Waals surface area contributed by atoms with Gasteiger partial charge in [0, 0.05) is 13.1 Å². The monoisotopic (exact) mass is 527 g/mol. The van der Waals surface area contributed by atoms with Crippen LogP contribution < -0.4 is 10.1 Å². The van der Waals surface area contributed by atoms with Crippen LogP contribution >= 0.6 is 0 Å². The molecule has 4 aromatic rings. The number of pyridine rings is 1. The van der Waals surface area contributed by atoms with Crippen LogP contribution in [0, 0.1) is 0 Å². The summed E-state index contributed by atoms with van der Waals surface area (Å²) in [6.45, 7) is 4.99. The number of nitrogens with zero attached hydrogens (tertiary/aromatic N) is 6. The number of nitrogens with one attached hydrogen (secondary N) is 1. The molecule has 2 amide bonds. The van der Waals surface area contributed by atoms with Crippen LogP contribution in [-0.2, 0) is 24.3 Å². The maximum Gasteiger partial charge on any atom is 0.410 e. The molecule has 0 radical (unpaired) electrons. The number of methoxy groups -OCH3 is 1. The van der Waals surface area contributed by atoms with Gasteiger partial charge >= 0.3 is 6.09 Å². The van der Waals surface area contributed by atoms with Crippen molar-refractivity contribution in [3.05, 3.63) is 82.9 Å². The van der Waals surface area contributed by atoms with Gasteiger partial charge in [-0.1, -0.05) is 36.4 Å². The minimum atomic E-state index is -0.393. The Balaban J connectivity index is 1.32. The summed E-state index contributed by atoms with van der Waals surface area (Å²) in [5.74, 6) is 0.922. The standard InChI is InChI=1S/C28H29N7O4/c1-18(2)35-26(31-32-33-35)23-10-7-11-25(29-23)30-27(36)22-14-21-16-34(13-12-20(21)15-24(22)38-3)28(37)39-17-19-8-5-4-6-9-19/h4-11,14-15,18H,12-13,16-17H2,1-3H3,(H,29,30,36). The summed E-state index contributed by atoms with van der Waals surface area (Å²) in [4.78, 5) is 32.3. The van der Waals surface area contributed by atoms with Crippen molar-refractivity contribution < 1.29 is 19.1 Å². The third-order valence-electron chi connectivity index (χ3n) is 6.44. The molecule has 1 N–H and O–H groups in total. The summed E-state index contributed by atoms with van der Waals surface area (Å²) in [6, 6.07) is 18.5. The van der Waals surface area contributed by atoms with Crippen molar-refractivity contribution in [3.8, 4) is 17.3 Å². The van der Waals surface area contributed by atoms with Crippen LogP contribution in [0.25, 0.3) is 11.5 Å². The lowest BCUT2D eigenvalue weighted by molar-refractivity contribution is 0.0918. The maximum absolute atomic E-state index is 13.3. The van der Waals surface area contributed by atoms with E-state index < -0.39 is 6.09 Å². The molecular formula is C28H29N7O4. The molecule has 0 fully saturated rings. The van der Waals surface area contributed by atoms with Crippen LogP contribution in [0.5, 0.6) is 5.75 Å². The highest BCUT2D eigenvalue weighted by Gasteiger charge is 2.25. The number of fused-ring (bicyclic) bond motifs is 1. The number of anilines is 1. The second-order valence-corrected chi connectivity index (χ2v) is 9.44. The van der Waals surface area contributed by atoms with Crippen molar-refractivity contribution in [2.75, 3.05) is 19.0 Å². The van der Waals surface area contributed by atoms with E-state index in [0.29, 0.717) is 48.2 Å². The molecule has 3 heterocycles. The highest BCUT2D eigenvalue weighted by molar-refractivity contribution is 6.06. The lowest BCUT2D eigenvalue weighted by Crippen LogP contribution is -2.36. The highest BCUT2D eigenvalue weighted by Crippen LogP contribution is 2.29. The lowest BCUT2D eigenvalue weighted by Gasteiger charge is -2.29. The van der Waals surface area contributed by atoms with Crippen molar-refractivity contribution in [3.63, 3.8) is 0 Å². The summed E-state index contributed by atoms with van der Waals surface area (Å²) >= 11 is 0. The highest BCUT2D eigenvalue weighted by atomic mass is 16.6. The van der Waals surface area contributed by atoms with E-state index in [9.17, 15) is 9.59 Å². The number of carbonyl (C=O) groups is 2. The van der Waals surface area contributed by atoms with E-state index in [-0.39, 0.29) is 18.6 Å². The van der Waals surface area contributed by atoms with Crippen molar-refractivity contribution in [1.82, 2.24) is 30.1 Å². The summed E-state index contributed by atoms with van der Waals surface area (Å²) in [6.07, 6.45) is 0.235. The molecule has 0 saturated carbocycles. The number of hydrogen-bond donors (Lipinski definition) is 1. The van der Waals surface area contributed by atoms with Gasteiger partial charge in [0.25, 0.3) is 5.91 Å². The van der Waals surface area contributed by atoms with Gasteiger partial charge in [0.2, 0.25) is 5.82 Å². The average Bonchev–Trinajstić information content (AvgIpc) is 3.46. The number of tetrazole rings is 1. The molecular weight excluding hydrogens is 498 g/mol. The van der Waals surface area contributed by atoms with Crippen LogP contribution in [0.15, 0.2) is 60.7 Å². The summed E-state index contributed by atoms with van der Waals surface area (Å²) < 4.78 is 12.7. The number of aromatic nitrogens is 5.